The second-order valence-corrected chi connectivity index (χ2v) is 13.7. The Kier molecular flexibility index (Phi) is 6.32. The van der Waals surface area contributed by atoms with Gasteiger partial charge in [0, 0.05) is 7.11 Å². The zero-order valence-corrected chi connectivity index (χ0v) is 17.4. The minimum Gasteiger partial charge on any atom is -0.444 e. The van der Waals surface area contributed by atoms with E-state index in [9.17, 15) is 4.79 Å². The summed E-state index contributed by atoms with van der Waals surface area (Å²) in [6, 6.07) is 0.0175. The lowest BCUT2D eigenvalue weighted by Crippen LogP contribution is -2.49. The van der Waals surface area contributed by atoms with Gasteiger partial charge in [0.15, 0.2) is 8.32 Å². The number of carbonyl (C=O) groups excluding carboxylic acids is 1. The predicted molar refractivity (Wildman–Crippen MR) is 95.0 cm³/mol. The van der Waals surface area contributed by atoms with E-state index in [1.54, 1.807) is 12.0 Å². The van der Waals surface area contributed by atoms with Crippen LogP contribution in [0.2, 0.25) is 18.1 Å². The van der Waals surface area contributed by atoms with Gasteiger partial charge in [-0.25, -0.2) is 4.79 Å². The topological polar surface area (TPSA) is 48.0 Å². The molecule has 1 amide bonds. The van der Waals surface area contributed by atoms with Crippen molar-refractivity contribution in [3.05, 3.63) is 0 Å². The smallest absolute Gasteiger partial charge is 0.412 e. The molecule has 0 spiro atoms. The first kappa shape index (κ1) is 20.5. The average molecular weight is 346 g/mol. The molecule has 1 heterocycles. The fraction of sp³-hybridized carbons (Fsp3) is 0.941. The van der Waals surface area contributed by atoms with Gasteiger partial charge in [0.05, 0.1) is 12.6 Å². The van der Waals surface area contributed by atoms with Crippen molar-refractivity contribution in [1.29, 1.82) is 0 Å². The van der Waals surface area contributed by atoms with Crippen LogP contribution < -0.4 is 0 Å². The molecular formula is C17H35NO4Si. The number of hydrogen-bond acceptors (Lipinski definition) is 4. The summed E-state index contributed by atoms with van der Waals surface area (Å²) in [5, 5.41) is 0.156. The SMILES string of the molecule is COC1CCC(CO[Si](C)(C)C(C)(C)C)N1C(=O)OC(C)(C)C. The number of methoxy groups -OCH3 is 1. The number of likely N-dealkylation sites (tertiary alicyclic amines) is 1. The lowest BCUT2D eigenvalue weighted by molar-refractivity contribution is -0.0464. The highest BCUT2D eigenvalue weighted by atomic mass is 28.4. The minimum absolute atomic E-state index is 0.0175. The molecule has 0 aromatic rings. The second kappa shape index (κ2) is 7.11. The van der Waals surface area contributed by atoms with Crippen molar-refractivity contribution < 1.29 is 18.7 Å². The third-order valence-electron chi connectivity index (χ3n) is 4.77. The van der Waals surface area contributed by atoms with Gasteiger partial charge in [0.2, 0.25) is 0 Å². The zero-order chi connectivity index (χ0) is 18.1. The highest BCUT2D eigenvalue weighted by Gasteiger charge is 2.42. The number of rotatable bonds is 4. The lowest BCUT2D eigenvalue weighted by Gasteiger charge is -2.38. The number of carbonyl (C=O) groups is 1. The molecule has 0 radical (unpaired) electrons. The van der Waals surface area contributed by atoms with Crippen LogP contribution in [0.1, 0.15) is 54.4 Å². The molecule has 0 aliphatic carbocycles. The van der Waals surface area contributed by atoms with Crippen LogP contribution in [0.4, 0.5) is 4.79 Å². The standard InChI is InChI=1S/C17H35NO4Si/c1-16(2,3)22-15(19)18-13(10-11-14(18)20-7)12-21-23(8,9)17(4,5)6/h13-14H,10-12H2,1-9H3. The summed E-state index contributed by atoms with van der Waals surface area (Å²) < 4.78 is 17.3. The van der Waals surface area contributed by atoms with E-state index in [0.717, 1.165) is 12.8 Å². The van der Waals surface area contributed by atoms with Gasteiger partial charge >= 0.3 is 6.09 Å². The third-order valence-corrected chi connectivity index (χ3v) is 9.27. The number of ether oxygens (including phenoxy) is 2. The van der Waals surface area contributed by atoms with Gasteiger partial charge in [-0.15, -0.1) is 0 Å². The van der Waals surface area contributed by atoms with Crippen LogP contribution in [0.5, 0.6) is 0 Å². The Bertz CT molecular complexity index is 412. The van der Waals surface area contributed by atoms with Crippen LogP contribution in [0, 0.1) is 0 Å². The Morgan fingerprint density at radius 3 is 2.13 bits per heavy atom. The maximum atomic E-state index is 12.5. The van der Waals surface area contributed by atoms with E-state index >= 15 is 0 Å². The Labute approximate surface area is 142 Å². The summed E-state index contributed by atoms with van der Waals surface area (Å²) >= 11 is 0. The van der Waals surface area contributed by atoms with E-state index in [1.165, 1.54) is 0 Å². The van der Waals surface area contributed by atoms with Crippen molar-refractivity contribution >= 4 is 14.4 Å². The van der Waals surface area contributed by atoms with Crippen LogP contribution in [0.25, 0.3) is 0 Å². The lowest BCUT2D eigenvalue weighted by atomic mass is 10.2. The Morgan fingerprint density at radius 1 is 1.13 bits per heavy atom. The summed E-state index contributed by atoms with van der Waals surface area (Å²) in [5.41, 5.74) is -0.511. The summed E-state index contributed by atoms with van der Waals surface area (Å²) in [6.45, 7) is 17.3. The van der Waals surface area contributed by atoms with Gasteiger partial charge in [0.1, 0.15) is 11.8 Å². The largest absolute Gasteiger partial charge is 0.444 e. The summed E-state index contributed by atoms with van der Waals surface area (Å²) in [7, 11) is -0.197. The van der Waals surface area contributed by atoms with Crippen LogP contribution in [-0.2, 0) is 13.9 Å². The molecular weight excluding hydrogens is 310 g/mol. The van der Waals surface area contributed by atoms with E-state index in [1.807, 2.05) is 20.8 Å². The highest BCUT2D eigenvalue weighted by molar-refractivity contribution is 6.74. The van der Waals surface area contributed by atoms with E-state index in [0.29, 0.717) is 6.61 Å². The van der Waals surface area contributed by atoms with Crippen molar-refractivity contribution in [2.24, 2.45) is 0 Å². The van der Waals surface area contributed by atoms with Crippen molar-refractivity contribution in [3.8, 4) is 0 Å². The summed E-state index contributed by atoms with van der Waals surface area (Å²) in [6.07, 6.45) is 1.16. The molecule has 1 rings (SSSR count). The first-order valence-corrected chi connectivity index (χ1v) is 11.4. The number of nitrogens with zero attached hydrogens (tertiary/aromatic N) is 1. The Morgan fingerprint density at radius 2 is 1.70 bits per heavy atom. The number of hydrogen-bond donors (Lipinski definition) is 0. The summed E-state index contributed by atoms with van der Waals surface area (Å²) in [5.74, 6) is 0. The van der Waals surface area contributed by atoms with Gasteiger partial charge in [-0.05, 0) is 51.7 Å². The zero-order valence-electron chi connectivity index (χ0n) is 16.4. The molecule has 1 fully saturated rings. The van der Waals surface area contributed by atoms with E-state index in [-0.39, 0.29) is 23.4 Å². The molecule has 6 heteroatoms. The molecule has 136 valence electrons. The number of amides is 1. The molecule has 0 aromatic carbocycles. The molecule has 0 bridgehead atoms. The average Bonchev–Trinajstić information content (AvgIpc) is 2.75. The Balaban J connectivity index is 2.79. The van der Waals surface area contributed by atoms with Crippen molar-refractivity contribution in [2.75, 3.05) is 13.7 Å². The molecule has 23 heavy (non-hydrogen) atoms. The molecule has 2 atom stereocenters. The van der Waals surface area contributed by atoms with Crippen molar-refractivity contribution in [1.82, 2.24) is 4.90 Å². The van der Waals surface area contributed by atoms with E-state index in [2.05, 4.69) is 33.9 Å². The Hall–Kier alpha value is -0.593. The van der Waals surface area contributed by atoms with Crippen LogP contribution >= 0.6 is 0 Å². The third kappa shape index (κ3) is 5.47. The van der Waals surface area contributed by atoms with E-state index in [4.69, 9.17) is 13.9 Å². The molecule has 0 saturated carbocycles. The fourth-order valence-corrected chi connectivity index (χ4v) is 3.39. The van der Waals surface area contributed by atoms with Gasteiger partial charge in [-0.3, -0.25) is 4.90 Å². The molecule has 1 aliphatic heterocycles. The van der Waals surface area contributed by atoms with Crippen LogP contribution in [0.3, 0.4) is 0 Å². The molecule has 1 aliphatic rings. The quantitative estimate of drug-likeness (QED) is 0.709. The van der Waals surface area contributed by atoms with Gasteiger partial charge in [0.25, 0.3) is 0 Å². The predicted octanol–water partition coefficient (Wildman–Crippen LogP) is 4.38. The van der Waals surface area contributed by atoms with Gasteiger partial charge < -0.3 is 13.9 Å². The van der Waals surface area contributed by atoms with Crippen molar-refractivity contribution in [3.63, 3.8) is 0 Å². The van der Waals surface area contributed by atoms with Crippen molar-refractivity contribution in [2.45, 2.75) is 90.4 Å². The maximum Gasteiger partial charge on any atom is 0.412 e. The fourth-order valence-electron chi connectivity index (χ4n) is 2.35. The molecule has 1 saturated heterocycles. The van der Waals surface area contributed by atoms with Crippen LogP contribution in [-0.4, -0.2) is 50.9 Å². The second-order valence-electron chi connectivity index (χ2n) is 8.88. The molecule has 0 N–H and O–H groups in total. The molecule has 5 nitrogen and oxygen atoms in total. The molecule has 0 aromatic heterocycles. The maximum absolute atomic E-state index is 12.5. The highest BCUT2D eigenvalue weighted by Crippen LogP contribution is 2.37. The van der Waals surface area contributed by atoms with E-state index < -0.39 is 13.9 Å². The first-order valence-electron chi connectivity index (χ1n) is 8.46. The first-order chi connectivity index (χ1) is 10.3. The minimum atomic E-state index is -1.84. The van der Waals surface area contributed by atoms with Gasteiger partial charge in [-0.2, -0.15) is 0 Å². The normalized spacial score (nSPS) is 23.3. The monoisotopic (exact) mass is 345 g/mol. The van der Waals surface area contributed by atoms with Crippen LogP contribution in [0.15, 0.2) is 0 Å². The summed E-state index contributed by atoms with van der Waals surface area (Å²) in [4.78, 5) is 14.3. The van der Waals surface area contributed by atoms with Gasteiger partial charge in [-0.1, -0.05) is 20.8 Å². The molecule has 2 unspecified atom stereocenters.